The van der Waals surface area contributed by atoms with Gasteiger partial charge in [0.2, 0.25) is 10.0 Å². The predicted molar refractivity (Wildman–Crippen MR) is 156 cm³/mol. The fraction of sp³-hybridized carbons (Fsp3) is 0.345. The van der Waals surface area contributed by atoms with E-state index in [1.165, 1.54) is 52.7 Å². The summed E-state index contributed by atoms with van der Waals surface area (Å²) in [5.74, 6) is -0.838. The van der Waals surface area contributed by atoms with Crippen LogP contribution >= 0.6 is 0 Å². The average molecular weight is 602 g/mol. The minimum absolute atomic E-state index is 0.00890. The number of hydrogen-bond acceptors (Lipinski definition) is 7. The van der Waals surface area contributed by atoms with Gasteiger partial charge in [-0.15, -0.1) is 0 Å². The molecule has 0 spiro atoms. The van der Waals surface area contributed by atoms with Gasteiger partial charge in [-0.25, -0.2) is 16.8 Å². The van der Waals surface area contributed by atoms with Gasteiger partial charge in [0.25, 0.3) is 15.9 Å². The lowest BCUT2D eigenvalue weighted by Gasteiger charge is -2.38. The van der Waals surface area contributed by atoms with Gasteiger partial charge in [-0.1, -0.05) is 48.9 Å². The van der Waals surface area contributed by atoms with Gasteiger partial charge in [0.05, 0.1) is 40.2 Å². The lowest BCUT2D eigenvalue weighted by molar-refractivity contribution is 0.0389. The SMILES string of the molecule is Cc1ccc(S(=O)(=O)Nc2cccc3c2O[C@@H](CN(C)S(=O)(=O)c2ccccc2)[C@H](C)CN([C@H](C)CO)C3=O)cc1. The first-order valence-electron chi connectivity index (χ1n) is 13.2. The number of aliphatic hydroxyl groups excluding tert-OH is 1. The van der Waals surface area contributed by atoms with E-state index in [4.69, 9.17) is 4.74 Å². The topological polar surface area (TPSA) is 133 Å². The zero-order valence-corrected chi connectivity index (χ0v) is 25.0. The van der Waals surface area contributed by atoms with Gasteiger partial charge in [-0.3, -0.25) is 9.52 Å². The number of anilines is 1. The molecule has 0 unspecified atom stereocenters. The average Bonchev–Trinajstić information content (AvgIpc) is 2.95. The molecule has 4 rings (SSSR count). The Morgan fingerprint density at radius 2 is 1.66 bits per heavy atom. The van der Waals surface area contributed by atoms with Crippen molar-refractivity contribution in [3.8, 4) is 5.75 Å². The Hall–Kier alpha value is -3.45. The van der Waals surface area contributed by atoms with Crippen molar-refractivity contribution in [2.45, 2.75) is 42.7 Å². The number of carbonyl (C=O) groups is 1. The maximum atomic E-state index is 13.7. The van der Waals surface area contributed by atoms with Crippen LogP contribution in [-0.4, -0.2) is 75.9 Å². The van der Waals surface area contributed by atoms with E-state index in [1.54, 1.807) is 43.3 Å². The summed E-state index contributed by atoms with van der Waals surface area (Å²) in [4.78, 5) is 15.3. The molecule has 0 aliphatic carbocycles. The van der Waals surface area contributed by atoms with E-state index < -0.39 is 44.0 Å². The monoisotopic (exact) mass is 601 g/mol. The number of nitrogens with zero attached hydrogens (tertiary/aromatic N) is 2. The number of rotatable bonds is 9. The third kappa shape index (κ3) is 6.56. The zero-order chi connectivity index (χ0) is 29.9. The number of amides is 1. The molecule has 0 radical (unpaired) electrons. The number of para-hydroxylation sites is 1. The van der Waals surface area contributed by atoms with Crippen molar-refractivity contribution in [2.24, 2.45) is 5.92 Å². The first-order chi connectivity index (χ1) is 19.3. The van der Waals surface area contributed by atoms with Crippen LogP contribution in [0.2, 0.25) is 0 Å². The number of aliphatic hydroxyl groups is 1. The van der Waals surface area contributed by atoms with Gasteiger partial charge in [0.1, 0.15) is 6.10 Å². The first kappa shape index (κ1) is 30.5. The van der Waals surface area contributed by atoms with Crippen LogP contribution in [-0.2, 0) is 20.0 Å². The second kappa shape index (κ2) is 12.2. The van der Waals surface area contributed by atoms with E-state index in [0.717, 1.165) is 5.56 Å². The Balaban J connectivity index is 1.76. The predicted octanol–water partition coefficient (Wildman–Crippen LogP) is 3.34. The van der Waals surface area contributed by atoms with Crippen molar-refractivity contribution in [1.29, 1.82) is 0 Å². The Labute approximate surface area is 241 Å². The summed E-state index contributed by atoms with van der Waals surface area (Å²) >= 11 is 0. The molecular formula is C29H35N3O7S2. The third-order valence-corrected chi connectivity index (χ3v) is 10.4. The molecule has 1 aliphatic rings. The number of benzene rings is 3. The Morgan fingerprint density at radius 3 is 2.29 bits per heavy atom. The van der Waals surface area contributed by atoms with Crippen LogP contribution in [0, 0.1) is 12.8 Å². The summed E-state index contributed by atoms with van der Waals surface area (Å²) < 4.78 is 63.3. The van der Waals surface area contributed by atoms with Gasteiger partial charge in [-0.2, -0.15) is 4.31 Å². The number of ether oxygens (including phenoxy) is 1. The summed E-state index contributed by atoms with van der Waals surface area (Å²) in [5, 5.41) is 9.89. The molecule has 3 atom stereocenters. The number of aryl methyl sites for hydroxylation is 1. The van der Waals surface area contributed by atoms with Gasteiger partial charge in [0, 0.05) is 19.5 Å². The highest BCUT2D eigenvalue weighted by Gasteiger charge is 2.36. The number of nitrogens with one attached hydrogen (secondary N) is 1. The second-order valence-corrected chi connectivity index (χ2v) is 14.0. The van der Waals surface area contributed by atoms with Gasteiger partial charge in [0.15, 0.2) is 5.75 Å². The normalized spacial score (nSPS) is 18.7. The quantitative estimate of drug-likeness (QED) is 0.384. The summed E-state index contributed by atoms with van der Waals surface area (Å²) in [6, 6.07) is 18.3. The highest BCUT2D eigenvalue weighted by Crippen LogP contribution is 2.36. The molecule has 3 aromatic rings. The van der Waals surface area contributed by atoms with E-state index in [2.05, 4.69) is 4.72 Å². The highest BCUT2D eigenvalue weighted by molar-refractivity contribution is 7.92. The molecule has 0 bridgehead atoms. The maximum Gasteiger partial charge on any atom is 0.262 e. The number of sulfonamides is 2. The van der Waals surface area contributed by atoms with Crippen molar-refractivity contribution >= 4 is 31.6 Å². The molecule has 10 nitrogen and oxygen atoms in total. The second-order valence-electron chi connectivity index (χ2n) is 10.3. The molecule has 0 fully saturated rings. The zero-order valence-electron chi connectivity index (χ0n) is 23.4. The molecular weight excluding hydrogens is 566 g/mol. The molecule has 3 aromatic carbocycles. The van der Waals surface area contributed by atoms with Crippen LogP contribution in [0.4, 0.5) is 5.69 Å². The first-order valence-corrected chi connectivity index (χ1v) is 16.1. The van der Waals surface area contributed by atoms with E-state index in [1.807, 2.05) is 13.8 Å². The summed E-state index contributed by atoms with van der Waals surface area (Å²) in [6.07, 6.45) is -0.774. The third-order valence-electron chi connectivity index (χ3n) is 7.16. The fourth-order valence-corrected chi connectivity index (χ4v) is 6.85. The maximum absolute atomic E-state index is 13.7. The van der Waals surface area contributed by atoms with Crippen LogP contribution in [0.25, 0.3) is 0 Å². The molecule has 1 amide bonds. The number of hydrogen-bond donors (Lipinski definition) is 2. The largest absolute Gasteiger partial charge is 0.486 e. The molecule has 41 heavy (non-hydrogen) atoms. The Bertz CT molecular complexity index is 1600. The van der Waals surface area contributed by atoms with Crippen molar-refractivity contribution in [1.82, 2.24) is 9.21 Å². The van der Waals surface area contributed by atoms with E-state index >= 15 is 0 Å². The van der Waals surface area contributed by atoms with Crippen LogP contribution in [0.15, 0.2) is 82.6 Å². The minimum atomic E-state index is -4.05. The lowest BCUT2D eigenvalue weighted by Crippen LogP contribution is -2.50. The Morgan fingerprint density at radius 1 is 1.00 bits per heavy atom. The van der Waals surface area contributed by atoms with Crippen LogP contribution in [0.5, 0.6) is 5.75 Å². The molecule has 0 saturated carbocycles. The molecule has 1 aliphatic heterocycles. The standard InChI is InChI=1S/C29H35N3O7S2/c1-20-13-15-23(16-14-20)40(35,36)30-26-12-8-11-25-28(26)39-27(21(2)17-32(29(25)34)22(3)19-33)18-31(4)41(37,38)24-9-6-5-7-10-24/h5-16,21-22,27,30,33H,17-19H2,1-4H3/t21-,22-,27+/m1/s1. The molecule has 12 heteroatoms. The van der Waals surface area contributed by atoms with Crippen LogP contribution in [0.3, 0.4) is 0 Å². The van der Waals surface area contributed by atoms with E-state index in [9.17, 15) is 26.7 Å². The van der Waals surface area contributed by atoms with Crippen molar-refractivity contribution in [3.63, 3.8) is 0 Å². The number of fused-ring (bicyclic) bond motifs is 1. The lowest BCUT2D eigenvalue weighted by atomic mass is 9.99. The van der Waals surface area contributed by atoms with E-state index in [0.29, 0.717) is 0 Å². The van der Waals surface area contributed by atoms with Crippen molar-refractivity contribution in [2.75, 3.05) is 31.5 Å². The molecule has 1 heterocycles. The fourth-order valence-electron chi connectivity index (χ4n) is 4.59. The van der Waals surface area contributed by atoms with Gasteiger partial charge >= 0.3 is 0 Å². The smallest absolute Gasteiger partial charge is 0.262 e. The van der Waals surface area contributed by atoms with Crippen molar-refractivity contribution in [3.05, 3.63) is 83.9 Å². The molecule has 0 aromatic heterocycles. The molecule has 220 valence electrons. The molecule has 0 saturated heterocycles. The number of likely N-dealkylation sites (N-methyl/N-ethyl adjacent to an activating group) is 1. The van der Waals surface area contributed by atoms with Gasteiger partial charge < -0.3 is 14.7 Å². The summed E-state index contributed by atoms with van der Waals surface area (Å²) in [6.45, 7) is 5.19. The Kier molecular flexibility index (Phi) is 9.07. The van der Waals surface area contributed by atoms with E-state index in [-0.39, 0.29) is 46.5 Å². The number of carbonyl (C=O) groups excluding carboxylic acids is 1. The highest BCUT2D eigenvalue weighted by atomic mass is 32.2. The van der Waals surface area contributed by atoms with Gasteiger partial charge in [-0.05, 0) is 50.2 Å². The summed E-state index contributed by atoms with van der Waals surface area (Å²) in [5.41, 5.74) is 1.03. The minimum Gasteiger partial charge on any atom is -0.486 e. The van der Waals surface area contributed by atoms with Crippen molar-refractivity contribution < 1.29 is 31.5 Å². The molecule has 2 N–H and O–H groups in total. The van der Waals surface area contributed by atoms with Crippen LogP contribution in [0.1, 0.15) is 29.8 Å². The van der Waals surface area contributed by atoms with Crippen LogP contribution < -0.4 is 9.46 Å². The summed E-state index contributed by atoms with van der Waals surface area (Å²) in [7, 11) is -6.47.